The maximum Gasteiger partial charge on any atom is 0.138 e. The summed E-state index contributed by atoms with van der Waals surface area (Å²) in [6.07, 6.45) is 2.73. The predicted octanol–water partition coefficient (Wildman–Crippen LogP) is 2.49. The quantitative estimate of drug-likeness (QED) is 0.874. The monoisotopic (exact) mass is 234 g/mol. The molecule has 92 valence electrons. The number of ketones is 1. The molecule has 1 fully saturated rings. The number of rotatable bonds is 3. The van der Waals surface area contributed by atoms with Crippen LogP contribution in [0, 0.1) is 5.92 Å². The molecule has 0 saturated heterocycles. The van der Waals surface area contributed by atoms with Gasteiger partial charge in [0, 0.05) is 12.3 Å². The fourth-order valence-electron chi connectivity index (χ4n) is 2.38. The first-order valence-electron chi connectivity index (χ1n) is 6.07. The normalized spacial score (nSPS) is 22.2. The molecule has 2 atom stereocenters. The molecule has 2 rings (SSSR count). The Balaban J connectivity index is 2.12. The fourth-order valence-corrected chi connectivity index (χ4v) is 2.38. The summed E-state index contributed by atoms with van der Waals surface area (Å²) in [5.74, 6) is 0.729. The zero-order valence-electron chi connectivity index (χ0n) is 10.1. The van der Waals surface area contributed by atoms with Gasteiger partial charge < -0.3 is 9.84 Å². The topological polar surface area (TPSA) is 46.5 Å². The molecule has 3 nitrogen and oxygen atoms in total. The van der Waals surface area contributed by atoms with Crippen molar-refractivity contribution >= 4 is 5.78 Å². The predicted molar refractivity (Wildman–Crippen MR) is 64.9 cm³/mol. The summed E-state index contributed by atoms with van der Waals surface area (Å²) < 4.78 is 5.07. The highest BCUT2D eigenvalue weighted by Gasteiger charge is 2.29. The molecule has 1 aliphatic carbocycles. The van der Waals surface area contributed by atoms with Crippen LogP contribution in [0.3, 0.4) is 0 Å². The van der Waals surface area contributed by atoms with E-state index < -0.39 is 6.10 Å². The molecule has 3 heteroatoms. The smallest absolute Gasteiger partial charge is 0.138 e. The fraction of sp³-hybridized carbons (Fsp3) is 0.500. The van der Waals surface area contributed by atoms with E-state index in [0.29, 0.717) is 6.42 Å². The van der Waals surface area contributed by atoms with Gasteiger partial charge >= 0.3 is 0 Å². The van der Waals surface area contributed by atoms with Gasteiger partial charge in [-0.3, -0.25) is 4.79 Å². The summed E-state index contributed by atoms with van der Waals surface area (Å²) in [6.45, 7) is 0. The minimum atomic E-state index is -0.672. The third-order valence-corrected chi connectivity index (χ3v) is 3.44. The van der Waals surface area contributed by atoms with Gasteiger partial charge in [-0.15, -0.1) is 0 Å². The highest BCUT2D eigenvalue weighted by atomic mass is 16.5. The molecule has 0 aliphatic heterocycles. The number of aliphatic hydroxyl groups excluding tert-OH is 1. The molecule has 0 bridgehead atoms. The van der Waals surface area contributed by atoms with Gasteiger partial charge in [0.1, 0.15) is 11.5 Å². The van der Waals surface area contributed by atoms with Crippen molar-refractivity contribution < 1.29 is 14.6 Å². The minimum Gasteiger partial charge on any atom is -0.497 e. The first-order chi connectivity index (χ1) is 8.22. The van der Waals surface area contributed by atoms with E-state index in [1.165, 1.54) is 0 Å². The SMILES string of the molecule is COc1ccc([C@H](O)[C@@H]2CCCCC2=O)cc1. The van der Waals surface area contributed by atoms with E-state index in [9.17, 15) is 9.90 Å². The van der Waals surface area contributed by atoms with Gasteiger partial charge in [0.05, 0.1) is 13.2 Å². The number of ether oxygens (including phenoxy) is 1. The lowest BCUT2D eigenvalue weighted by atomic mass is 9.82. The zero-order valence-corrected chi connectivity index (χ0v) is 10.1. The summed E-state index contributed by atoms with van der Waals surface area (Å²) in [5, 5.41) is 10.2. The van der Waals surface area contributed by atoms with Crippen molar-refractivity contribution in [2.45, 2.75) is 31.8 Å². The highest BCUT2D eigenvalue weighted by Crippen LogP contribution is 2.32. The number of methoxy groups -OCH3 is 1. The van der Waals surface area contributed by atoms with Gasteiger partial charge in [-0.1, -0.05) is 18.6 Å². The molecule has 0 aromatic heterocycles. The molecule has 0 unspecified atom stereocenters. The number of hydrogen-bond acceptors (Lipinski definition) is 3. The Labute approximate surface area is 101 Å². The second-order valence-corrected chi connectivity index (χ2v) is 4.54. The number of Topliss-reactive ketones (excluding diaryl/α,β-unsaturated/α-hetero) is 1. The van der Waals surface area contributed by atoms with Gasteiger partial charge in [0.25, 0.3) is 0 Å². The zero-order chi connectivity index (χ0) is 12.3. The number of hydrogen-bond donors (Lipinski definition) is 1. The van der Waals surface area contributed by atoms with Crippen LogP contribution in [0.1, 0.15) is 37.4 Å². The summed E-state index contributed by atoms with van der Waals surface area (Å²) in [7, 11) is 1.61. The molecule has 1 aliphatic rings. The van der Waals surface area contributed by atoms with Gasteiger partial charge in [-0.2, -0.15) is 0 Å². The van der Waals surface area contributed by atoms with E-state index in [4.69, 9.17) is 4.74 Å². The van der Waals surface area contributed by atoms with E-state index in [1.807, 2.05) is 24.3 Å². The molecule has 1 aromatic carbocycles. The molecule has 0 radical (unpaired) electrons. The van der Waals surface area contributed by atoms with Crippen molar-refractivity contribution in [3.05, 3.63) is 29.8 Å². The summed E-state index contributed by atoms with van der Waals surface area (Å²) in [5.41, 5.74) is 0.797. The molecule has 0 amide bonds. The van der Waals surface area contributed by atoms with E-state index in [2.05, 4.69) is 0 Å². The van der Waals surface area contributed by atoms with E-state index in [0.717, 1.165) is 30.6 Å². The lowest BCUT2D eigenvalue weighted by molar-refractivity contribution is -0.128. The number of aliphatic hydroxyl groups is 1. The van der Waals surface area contributed by atoms with Crippen LogP contribution < -0.4 is 4.74 Å². The number of benzene rings is 1. The van der Waals surface area contributed by atoms with Crippen molar-refractivity contribution in [2.75, 3.05) is 7.11 Å². The van der Waals surface area contributed by atoms with Crippen molar-refractivity contribution in [3.8, 4) is 5.75 Å². The van der Waals surface area contributed by atoms with Crippen LogP contribution in [0.5, 0.6) is 5.75 Å². The lowest BCUT2D eigenvalue weighted by Crippen LogP contribution is -2.25. The Bertz CT molecular complexity index is 383. The van der Waals surface area contributed by atoms with E-state index in [-0.39, 0.29) is 11.7 Å². The highest BCUT2D eigenvalue weighted by molar-refractivity contribution is 5.82. The number of carbonyl (C=O) groups is 1. The third kappa shape index (κ3) is 2.67. The Morgan fingerprint density at radius 2 is 2.00 bits per heavy atom. The largest absolute Gasteiger partial charge is 0.497 e. The molecule has 17 heavy (non-hydrogen) atoms. The van der Waals surface area contributed by atoms with Crippen LogP contribution in [0.25, 0.3) is 0 Å². The molecule has 0 spiro atoms. The maximum absolute atomic E-state index is 11.7. The van der Waals surface area contributed by atoms with Crippen LogP contribution in [-0.4, -0.2) is 18.0 Å². The average Bonchev–Trinajstić information content (AvgIpc) is 2.39. The Kier molecular flexibility index (Phi) is 3.79. The van der Waals surface area contributed by atoms with Crippen molar-refractivity contribution in [1.29, 1.82) is 0 Å². The summed E-state index contributed by atoms with van der Waals surface area (Å²) >= 11 is 0. The second-order valence-electron chi connectivity index (χ2n) is 4.54. The molecule has 1 aromatic rings. The molecule has 1 N–H and O–H groups in total. The Morgan fingerprint density at radius 3 is 2.59 bits per heavy atom. The molecule has 0 heterocycles. The van der Waals surface area contributed by atoms with Crippen LogP contribution >= 0.6 is 0 Å². The van der Waals surface area contributed by atoms with Crippen molar-refractivity contribution in [3.63, 3.8) is 0 Å². The molecular weight excluding hydrogens is 216 g/mol. The van der Waals surface area contributed by atoms with Crippen LogP contribution in [0.4, 0.5) is 0 Å². The van der Waals surface area contributed by atoms with Crippen molar-refractivity contribution in [2.24, 2.45) is 5.92 Å². The van der Waals surface area contributed by atoms with Gasteiger partial charge in [0.2, 0.25) is 0 Å². The molecule has 1 saturated carbocycles. The Morgan fingerprint density at radius 1 is 1.29 bits per heavy atom. The van der Waals surface area contributed by atoms with E-state index in [1.54, 1.807) is 7.11 Å². The van der Waals surface area contributed by atoms with Gasteiger partial charge in [-0.05, 0) is 30.5 Å². The lowest BCUT2D eigenvalue weighted by Gasteiger charge is -2.25. The number of carbonyl (C=O) groups excluding carboxylic acids is 1. The van der Waals surface area contributed by atoms with Crippen molar-refractivity contribution in [1.82, 2.24) is 0 Å². The minimum absolute atomic E-state index is 0.194. The van der Waals surface area contributed by atoms with Gasteiger partial charge in [-0.25, -0.2) is 0 Å². The first kappa shape index (κ1) is 12.1. The van der Waals surface area contributed by atoms with E-state index >= 15 is 0 Å². The summed E-state index contributed by atoms with van der Waals surface area (Å²) in [6, 6.07) is 7.27. The van der Waals surface area contributed by atoms with Gasteiger partial charge in [0.15, 0.2) is 0 Å². The Hall–Kier alpha value is -1.35. The standard InChI is InChI=1S/C14H18O3/c1-17-11-8-6-10(7-9-11)14(16)12-4-2-3-5-13(12)15/h6-9,12,14,16H,2-5H2,1H3/t12-,14+/m1/s1. The average molecular weight is 234 g/mol. The second kappa shape index (κ2) is 5.32. The maximum atomic E-state index is 11.7. The van der Waals surface area contributed by atoms with Crippen LogP contribution in [0.15, 0.2) is 24.3 Å². The summed E-state index contributed by atoms with van der Waals surface area (Å²) in [4.78, 5) is 11.7. The van der Waals surface area contributed by atoms with Crippen LogP contribution in [0.2, 0.25) is 0 Å². The first-order valence-corrected chi connectivity index (χ1v) is 6.07. The third-order valence-electron chi connectivity index (χ3n) is 3.44. The van der Waals surface area contributed by atoms with Crippen LogP contribution in [-0.2, 0) is 4.79 Å². The molecular formula is C14H18O3.